The quantitative estimate of drug-likeness (QED) is 0.679. The number of fused-ring (bicyclic) bond motifs is 5. The molecule has 1 aromatic carbocycles. The molecule has 3 heteroatoms. The van der Waals surface area contributed by atoms with Crippen LogP contribution in [-0.2, 0) is 9.59 Å². The fraction of sp³-hybridized carbons (Fsp3) is 0.538. The summed E-state index contributed by atoms with van der Waals surface area (Å²) >= 11 is 0. The number of benzene rings is 1. The first kappa shape index (κ1) is 18.8. The molecule has 0 aromatic heterocycles. The molecule has 0 N–H and O–H groups in total. The predicted octanol–water partition coefficient (Wildman–Crippen LogP) is 5.40. The number of Topliss-reactive ketones (excluding diaryl/α,β-unsaturated/α-hetero) is 1. The molecule has 4 aliphatic carbocycles. The summed E-state index contributed by atoms with van der Waals surface area (Å²) in [6.45, 7) is 4.58. The van der Waals surface area contributed by atoms with Gasteiger partial charge in [-0.05, 0) is 83.8 Å². The highest BCUT2D eigenvalue weighted by molar-refractivity contribution is 5.98. The zero-order chi connectivity index (χ0) is 20.4. The third-order valence-electron chi connectivity index (χ3n) is 8.72. The van der Waals surface area contributed by atoms with Crippen LogP contribution in [0.25, 0.3) is 5.57 Å². The minimum Gasteiger partial charge on any atom is -0.497 e. The second-order valence-corrected chi connectivity index (χ2v) is 9.96. The van der Waals surface area contributed by atoms with E-state index in [-0.39, 0.29) is 16.6 Å². The van der Waals surface area contributed by atoms with Gasteiger partial charge in [-0.1, -0.05) is 32.1 Å². The van der Waals surface area contributed by atoms with Gasteiger partial charge in [-0.3, -0.25) is 9.59 Å². The Morgan fingerprint density at radius 2 is 1.66 bits per heavy atom. The van der Waals surface area contributed by atoms with Gasteiger partial charge in [0.05, 0.1) is 7.11 Å². The maximum Gasteiger partial charge on any atom is 0.156 e. The Hall–Kier alpha value is -2.16. The number of allylic oxidation sites excluding steroid dienone is 4. The fourth-order valence-electron chi connectivity index (χ4n) is 6.93. The summed E-state index contributed by atoms with van der Waals surface area (Å²) in [5.74, 6) is 2.90. The van der Waals surface area contributed by atoms with Crippen LogP contribution in [0.5, 0.6) is 5.75 Å². The Kier molecular flexibility index (Phi) is 4.17. The molecule has 0 bridgehead atoms. The molecule has 0 saturated heterocycles. The van der Waals surface area contributed by atoms with Gasteiger partial charge in [-0.15, -0.1) is 0 Å². The monoisotopic (exact) mass is 390 g/mol. The Bertz CT molecular complexity index is 937. The van der Waals surface area contributed by atoms with Crippen LogP contribution < -0.4 is 4.74 Å². The van der Waals surface area contributed by atoms with E-state index in [1.807, 2.05) is 18.2 Å². The third-order valence-corrected chi connectivity index (χ3v) is 8.72. The van der Waals surface area contributed by atoms with Crippen LogP contribution in [-0.4, -0.2) is 18.7 Å². The molecule has 2 saturated carbocycles. The first-order chi connectivity index (χ1) is 13.9. The largest absolute Gasteiger partial charge is 0.497 e. The minimum atomic E-state index is -0.162. The van der Waals surface area contributed by atoms with Gasteiger partial charge >= 0.3 is 0 Å². The fourth-order valence-corrected chi connectivity index (χ4v) is 6.93. The Morgan fingerprint density at radius 1 is 0.931 bits per heavy atom. The number of hydrogen-bond acceptors (Lipinski definition) is 3. The molecular formula is C26H30O3. The lowest BCUT2D eigenvalue weighted by Gasteiger charge is -2.55. The van der Waals surface area contributed by atoms with Crippen molar-refractivity contribution < 1.29 is 14.3 Å². The van der Waals surface area contributed by atoms with Crippen LogP contribution in [0.2, 0.25) is 0 Å². The van der Waals surface area contributed by atoms with Gasteiger partial charge in [-0.25, -0.2) is 0 Å². The Balaban J connectivity index is 1.67. The summed E-state index contributed by atoms with van der Waals surface area (Å²) in [7, 11) is 1.68. The molecule has 29 heavy (non-hydrogen) atoms. The maximum atomic E-state index is 12.7. The van der Waals surface area contributed by atoms with Crippen LogP contribution in [0.4, 0.5) is 0 Å². The van der Waals surface area contributed by atoms with E-state index in [0.29, 0.717) is 30.0 Å². The second kappa shape index (κ2) is 6.42. The second-order valence-electron chi connectivity index (χ2n) is 9.96. The van der Waals surface area contributed by atoms with Crippen LogP contribution in [0.3, 0.4) is 0 Å². The highest BCUT2D eigenvalue weighted by atomic mass is 16.5. The van der Waals surface area contributed by atoms with Crippen molar-refractivity contribution in [3.05, 3.63) is 47.6 Å². The standard InChI is InChI=1S/C26H30O3/c1-25-12-10-17(27)14-23(25)19(16-4-6-18(29-3)7-5-16)15-20-21-8-9-24(28)26(21,2)13-11-22(20)25/h4-7,14-15,20-22H,8-13H2,1-3H3/t20-,21-,22-,25+,26-/m0/s1. The number of methoxy groups -OCH3 is 1. The smallest absolute Gasteiger partial charge is 0.156 e. The number of carbonyl (C=O) groups excluding carboxylic acids is 2. The van der Waals surface area contributed by atoms with Crippen LogP contribution in [0.15, 0.2) is 42.0 Å². The highest BCUT2D eigenvalue weighted by Crippen LogP contribution is 2.64. The zero-order valence-corrected chi connectivity index (χ0v) is 17.7. The first-order valence-corrected chi connectivity index (χ1v) is 11.0. The lowest BCUT2D eigenvalue weighted by Crippen LogP contribution is -2.49. The Morgan fingerprint density at radius 3 is 2.38 bits per heavy atom. The van der Waals surface area contributed by atoms with Crippen molar-refractivity contribution in [3.8, 4) is 5.75 Å². The molecule has 3 nitrogen and oxygen atoms in total. The molecule has 0 amide bonds. The summed E-state index contributed by atoms with van der Waals surface area (Å²) in [6.07, 6.45) is 9.73. The van der Waals surface area contributed by atoms with Crippen molar-refractivity contribution in [1.29, 1.82) is 0 Å². The molecule has 0 aliphatic heterocycles. The van der Waals surface area contributed by atoms with Gasteiger partial charge in [0.15, 0.2) is 5.78 Å². The molecule has 4 aliphatic rings. The molecule has 0 unspecified atom stereocenters. The third kappa shape index (κ3) is 2.62. The van der Waals surface area contributed by atoms with E-state index in [4.69, 9.17) is 4.74 Å². The van der Waals surface area contributed by atoms with E-state index in [1.165, 1.54) is 11.1 Å². The number of carbonyl (C=O) groups is 2. The van der Waals surface area contributed by atoms with Crippen LogP contribution in [0.1, 0.15) is 57.9 Å². The van der Waals surface area contributed by atoms with Crippen molar-refractivity contribution in [2.45, 2.75) is 52.4 Å². The summed E-state index contributed by atoms with van der Waals surface area (Å²) in [5.41, 5.74) is 3.41. The highest BCUT2D eigenvalue weighted by Gasteiger charge is 2.58. The molecule has 1 aromatic rings. The molecule has 0 radical (unpaired) electrons. The van der Waals surface area contributed by atoms with Gasteiger partial charge in [0.1, 0.15) is 11.5 Å². The van der Waals surface area contributed by atoms with E-state index in [2.05, 4.69) is 32.1 Å². The van der Waals surface area contributed by atoms with Gasteiger partial charge in [0, 0.05) is 18.3 Å². The van der Waals surface area contributed by atoms with Crippen LogP contribution >= 0.6 is 0 Å². The summed E-state index contributed by atoms with van der Waals surface area (Å²) < 4.78 is 5.34. The predicted molar refractivity (Wildman–Crippen MR) is 113 cm³/mol. The van der Waals surface area contributed by atoms with Crippen molar-refractivity contribution >= 4 is 17.1 Å². The molecular weight excluding hydrogens is 360 g/mol. The Labute approximate surface area is 173 Å². The summed E-state index contributed by atoms with van der Waals surface area (Å²) in [5, 5.41) is 0. The molecule has 152 valence electrons. The number of hydrogen-bond donors (Lipinski definition) is 0. The summed E-state index contributed by atoms with van der Waals surface area (Å²) in [6, 6.07) is 8.20. The van der Waals surface area contributed by atoms with Crippen molar-refractivity contribution in [2.24, 2.45) is 28.6 Å². The average Bonchev–Trinajstić information content (AvgIpc) is 3.03. The molecule has 5 atom stereocenters. The minimum absolute atomic E-state index is 0.00948. The van der Waals surface area contributed by atoms with Gasteiger partial charge in [0.2, 0.25) is 0 Å². The van der Waals surface area contributed by atoms with E-state index in [9.17, 15) is 9.59 Å². The van der Waals surface area contributed by atoms with E-state index >= 15 is 0 Å². The van der Waals surface area contributed by atoms with Gasteiger partial charge in [-0.2, -0.15) is 0 Å². The number of ketones is 2. The number of ether oxygens (including phenoxy) is 1. The van der Waals surface area contributed by atoms with Crippen molar-refractivity contribution in [3.63, 3.8) is 0 Å². The normalized spacial score (nSPS) is 38.5. The van der Waals surface area contributed by atoms with Crippen molar-refractivity contribution in [1.82, 2.24) is 0 Å². The van der Waals surface area contributed by atoms with Crippen molar-refractivity contribution in [2.75, 3.05) is 7.11 Å². The SMILES string of the molecule is COc1ccc(C2=C[C@@H]3[C@H](CC[C@]4(C)C(=O)CC[C@@H]34)[C@@]3(C)CCC(=O)C=C23)cc1. The summed E-state index contributed by atoms with van der Waals surface area (Å²) in [4.78, 5) is 25.1. The topological polar surface area (TPSA) is 43.4 Å². The van der Waals surface area contributed by atoms with E-state index in [0.717, 1.165) is 43.4 Å². The van der Waals surface area contributed by atoms with E-state index < -0.39 is 0 Å². The van der Waals surface area contributed by atoms with Gasteiger partial charge in [0.25, 0.3) is 0 Å². The molecule has 0 spiro atoms. The lowest BCUT2D eigenvalue weighted by atomic mass is 9.48. The maximum absolute atomic E-state index is 12.7. The molecule has 5 rings (SSSR count). The molecule has 2 fully saturated rings. The van der Waals surface area contributed by atoms with Gasteiger partial charge < -0.3 is 4.74 Å². The number of rotatable bonds is 2. The average molecular weight is 391 g/mol. The zero-order valence-electron chi connectivity index (χ0n) is 17.7. The lowest BCUT2D eigenvalue weighted by molar-refractivity contribution is -0.130. The van der Waals surface area contributed by atoms with Crippen LogP contribution in [0, 0.1) is 28.6 Å². The van der Waals surface area contributed by atoms with E-state index in [1.54, 1.807) is 7.11 Å². The molecule has 0 heterocycles. The first-order valence-electron chi connectivity index (χ1n) is 11.0.